The molecule has 0 spiro atoms. The highest BCUT2D eigenvalue weighted by molar-refractivity contribution is 5.29. The van der Waals surface area contributed by atoms with E-state index in [1.807, 2.05) is 27.7 Å². The fraction of sp³-hybridized carbons (Fsp3) is 0.556. The minimum atomic E-state index is 0.362. The van der Waals surface area contributed by atoms with Crippen molar-refractivity contribution in [1.82, 2.24) is 0 Å². The lowest BCUT2D eigenvalue weighted by Gasteiger charge is -2.00. The van der Waals surface area contributed by atoms with Crippen LogP contribution in [-0.4, -0.2) is 6.79 Å². The van der Waals surface area contributed by atoms with Crippen molar-refractivity contribution < 1.29 is 9.47 Å². The number of allylic oxidation sites excluding steroid dienone is 2. The molecule has 0 aromatic rings. The van der Waals surface area contributed by atoms with E-state index in [1.54, 1.807) is 0 Å². The Balaban J connectivity index is 3.01. The molecule has 0 aromatic heterocycles. The van der Waals surface area contributed by atoms with Crippen molar-refractivity contribution in [1.29, 1.82) is 0 Å². The van der Waals surface area contributed by atoms with E-state index < -0.39 is 0 Å². The van der Waals surface area contributed by atoms with Crippen LogP contribution in [-0.2, 0) is 9.47 Å². The molecule has 2 heteroatoms. The predicted molar refractivity (Wildman–Crippen MR) is 43.8 cm³/mol. The summed E-state index contributed by atoms with van der Waals surface area (Å²) in [6, 6.07) is 0. The van der Waals surface area contributed by atoms with Gasteiger partial charge in [-0.05, 0) is 38.8 Å². The lowest BCUT2D eigenvalue weighted by atomic mass is 10.2. The molecule has 1 saturated heterocycles. The van der Waals surface area contributed by atoms with Crippen LogP contribution in [0.15, 0.2) is 22.7 Å². The van der Waals surface area contributed by atoms with Crippen LogP contribution in [0.3, 0.4) is 0 Å². The third-order valence-electron chi connectivity index (χ3n) is 1.52. The molecule has 0 amide bonds. The van der Waals surface area contributed by atoms with Crippen molar-refractivity contribution in [3.05, 3.63) is 22.7 Å². The molecule has 0 saturated carbocycles. The van der Waals surface area contributed by atoms with E-state index in [1.165, 1.54) is 11.1 Å². The zero-order valence-corrected chi connectivity index (χ0v) is 7.52. The zero-order chi connectivity index (χ0) is 8.43. The average molecular weight is 154 g/mol. The molecule has 1 aliphatic rings. The molecule has 0 radical (unpaired) electrons. The fourth-order valence-corrected chi connectivity index (χ4v) is 1.02. The molecule has 1 rings (SSSR count). The Kier molecular flexibility index (Phi) is 2.22. The molecule has 0 bridgehead atoms. The van der Waals surface area contributed by atoms with Gasteiger partial charge in [0.1, 0.15) is 0 Å². The smallest absolute Gasteiger partial charge is 0.231 e. The van der Waals surface area contributed by atoms with Gasteiger partial charge in [-0.25, -0.2) is 0 Å². The minimum Gasteiger partial charge on any atom is -0.454 e. The third kappa shape index (κ3) is 1.56. The van der Waals surface area contributed by atoms with Crippen LogP contribution in [0.2, 0.25) is 0 Å². The van der Waals surface area contributed by atoms with Crippen molar-refractivity contribution in [2.75, 3.05) is 6.79 Å². The molecule has 1 heterocycles. The third-order valence-corrected chi connectivity index (χ3v) is 1.52. The van der Waals surface area contributed by atoms with Crippen LogP contribution in [0, 0.1) is 0 Å². The average Bonchev–Trinajstić information content (AvgIpc) is 2.32. The Morgan fingerprint density at radius 2 is 1.27 bits per heavy atom. The van der Waals surface area contributed by atoms with Gasteiger partial charge in [-0.1, -0.05) is 0 Å². The van der Waals surface area contributed by atoms with E-state index in [0.29, 0.717) is 6.79 Å². The lowest BCUT2D eigenvalue weighted by molar-refractivity contribution is 0.0963. The number of hydrogen-bond acceptors (Lipinski definition) is 2. The van der Waals surface area contributed by atoms with Gasteiger partial charge >= 0.3 is 0 Å². The highest BCUT2D eigenvalue weighted by Crippen LogP contribution is 2.26. The SMILES string of the molecule is CC(C)=C1OCOC1=C(C)C. The van der Waals surface area contributed by atoms with Gasteiger partial charge < -0.3 is 9.47 Å². The molecule has 1 fully saturated rings. The van der Waals surface area contributed by atoms with Gasteiger partial charge in [0.05, 0.1) is 0 Å². The summed E-state index contributed by atoms with van der Waals surface area (Å²) < 4.78 is 10.6. The Morgan fingerprint density at radius 3 is 1.55 bits per heavy atom. The number of rotatable bonds is 0. The van der Waals surface area contributed by atoms with Crippen LogP contribution in [0.4, 0.5) is 0 Å². The Bertz CT molecular complexity index is 192. The van der Waals surface area contributed by atoms with E-state index in [4.69, 9.17) is 9.47 Å². The summed E-state index contributed by atoms with van der Waals surface area (Å²) in [7, 11) is 0. The molecule has 11 heavy (non-hydrogen) atoms. The highest BCUT2D eigenvalue weighted by atomic mass is 16.7. The molecule has 0 atom stereocenters. The van der Waals surface area contributed by atoms with E-state index in [2.05, 4.69) is 0 Å². The van der Waals surface area contributed by atoms with Crippen LogP contribution in [0.25, 0.3) is 0 Å². The number of hydrogen-bond donors (Lipinski definition) is 0. The van der Waals surface area contributed by atoms with E-state index in [9.17, 15) is 0 Å². The normalized spacial score (nSPS) is 16.0. The molecule has 0 unspecified atom stereocenters. The van der Waals surface area contributed by atoms with Gasteiger partial charge in [0.2, 0.25) is 6.79 Å². The van der Waals surface area contributed by atoms with E-state index in [0.717, 1.165) is 11.5 Å². The largest absolute Gasteiger partial charge is 0.454 e. The van der Waals surface area contributed by atoms with Gasteiger partial charge in [0.15, 0.2) is 11.5 Å². The second-order valence-corrected chi connectivity index (χ2v) is 3.06. The number of ether oxygens (including phenoxy) is 2. The van der Waals surface area contributed by atoms with Gasteiger partial charge in [-0.2, -0.15) is 0 Å². The molecule has 0 N–H and O–H groups in total. The first-order chi connectivity index (χ1) is 5.13. The summed E-state index contributed by atoms with van der Waals surface area (Å²) in [6.07, 6.45) is 0. The van der Waals surface area contributed by atoms with Crippen molar-refractivity contribution in [3.8, 4) is 0 Å². The molecular weight excluding hydrogens is 140 g/mol. The summed E-state index contributed by atoms with van der Waals surface area (Å²) in [5.74, 6) is 1.81. The predicted octanol–water partition coefficient (Wildman–Crippen LogP) is 2.58. The quantitative estimate of drug-likeness (QED) is 0.534. The van der Waals surface area contributed by atoms with Gasteiger partial charge in [-0.15, -0.1) is 0 Å². The first-order valence-corrected chi connectivity index (χ1v) is 3.74. The van der Waals surface area contributed by atoms with E-state index >= 15 is 0 Å². The minimum absolute atomic E-state index is 0.362. The summed E-state index contributed by atoms with van der Waals surface area (Å²) in [5, 5.41) is 0. The highest BCUT2D eigenvalue weighted by Gasteiger charge is 2.18. The maximum atomic E-state index is 5.29. The summed E-state index contributed by atoms with van der Waals surface area (Å²) in [6.45, 7) is 8.45. The molecule has 2 nitrogen and oxygen atoms in total. The maximum Gasteiger partial charge on any atom is 0.231 e. The summed E-state index contributed by atoms with van der Waals surface area (Å²) in [5.41, 5.74) is 2.33. The molecule has 62 valence electrons. The van der Waals surface area contributed by atoms with Crippen LogP contribution < -0.4 is 0 Å². The first-order valence-electron chi connectivity index (χ1n) is 3.74. The van der Waals surface area contributed by atoms with Crippen molar-refractivity contribution in [2.45, 2.75) is 27.7 Å². The standard InChI is InChI=1S/C9H14O2/c1-6(2)8-9(7(3)4)11-5-10-8/h5H2,1-4H3. The Labute approximate surface area is 67.5 Å². The van der Waals surface area contributed by atoms with Gasteiger partial charge in [0, 0.05) is 0 Å². The first kappa shape index (κ1) is 8.18. The maximum absolute atomic E-state index is 5.29. The monoisotopic (exact) mass is 154 g/mol. The molecular formula is C9H14O2. The van der Waals surface area contributed by atoms with Crippen LogP contribution >= 0.6 is 0 Å². The van der Waals surface area contributed by atoms with Gasteiger partial charge in [-0.3, -0.25) is 0 Å². The van der Waals surface area contributed by atoms with Crippen molar-refractivity contribution in [3.63, 3.8) is 0 Å². The summed E-state index contributed by atoms with van der Waals surface area (Å²) in [4.78, 5) is 0. The van der Waals surface area contributed by atoms with Crippen LogP contribution in [0.1, 0.15) is 27.7 Å². The molecule has 1 aliphatic heterocycles. The van der Waals surface area contributed by atoms with Crippen molar-refractivity contribution >= 4 is 0 Å². The Morgan fingerprint density at radius 1 is 0.909 bits per heavy atom. The molecule has 0 aromatic carbocycles. The topological polar surface area (TPSA) is 18.5 Å². The van der Waals surface area contributed by atoms with E-state index in [-0.39, 0.29) is 0 Å². The lowest BCUT2D eigenvalue weighted by Crippen LogP contribution is -1.88. The second-order valence-electron chi connectivity index (χ2n) is 3.06. The summed E-state index contributed by atoms with van der Waals surface area (Å²) >= 11 is 0. The van der Waals surface area contributed by atoms with Crippen LogP contribution in [0.5, 0.6) is 0 Å². The fourth-order valence-electron chi connectivity index (χ4n) is 1.02. The van der Waals surface area contributed by atoms with Crippen molar-refractivity contribution in [2.24, 2.45) is 0 Å². The second kappa shape index (κ2) is 2.99. The van der Waals surface area contributed by atoms with Gasteiger partial charge in [0.25, 0.3) is 0 Å². The molecule has 0 aliphatic carbocycles. The Hall–Kier alpha value is -0.920. The zero-order valence-electron chi connectivity index (χ0n) is 7.52.